The van der Waals surface area contributed by atoms with E-state index in [4.69, 9.17) is 40.9 Å². The van der Waals surface area contributed by atoms with Crippen molar-refractivity contribution in [1.82, 2.24) is 34.7 Å². The van der Waals surface area contributed by atoms with E-state index in [1.54, 1.807) is 124 Å². The number of amides is 8. The van der Waals surface area contributed by atoms with Gasteiger partial charge in [0.25, 0.3) is 29.5 Å². The van der Waals surface area contributed by atoms with Crippen LogP contribution in [-0.4, -0.2) is 215 Å². The number of halogens is 5. The maximum absolute atomic E-state index is 12.8. The van der Waals surface area contributed by atoms with Crippen LogP contribution >= 0.6 is 7.44 Å². The van der Waals surface area contributed by atoms with Crippen LogP contribution in [0.15, 0.2) is 181 Å². The predicted molar refractivity (Wildman–Crippen MR) is 487 cm³/mol. The summed E-state index contributed by atoms with van der Waals surface area (Å²) in [5, 5.41) is 8.86. The number of para-hydroxylation sites is 1. The van der Waals surface area contributed by atoms with Crippen LogP contribution in [0, 0.1) is 0 Å². The van der Waals surface area contributed by atoms with E-state index in [1.807, 2.05) is 71.9 Å². The zero-order valence-corrected chi connectivity index (χ0v) is 75.4. The van der Waals surface area contributed by atoms with Crippen LogP contribution < -0.4 is 56.4 Å². The molecule has 0 unspecified atom stereocenters. The number of nitrogens with one attached hydrogen (secondary N) is 3. The molecule has 27 nitrogen and oxygen atoms in total. The van der Waals surface area contributed by atoms with Crippen molar-refractivity contribution in [1.29, 1.82) is 0 Å². The molecule has 6 aromatic carbocycles. The van der Waals surface area contributed by atoms with Gasteiger partial charge in [-0.2, -0.15) is 0 Å². The summed E-state index contributed by atoms with van der Waals surface area (Å²) < 4.78 is 126. The Bertz CT molecular complexity index is 5140. The normalized spacial score (nSPS) is 14.7. The second-order valence-electron chi connectivity index (χ2n) is 31.0. The van der Waals surface area contributed by atoms with Gasteiger partial charge in [-0.25, -0.2) is 30.4 Å². The van der Waals surface area contributed by atoms with Gasteiger partial charge >= 0.3 is 0 Å². The van der Waals surface area contributed by atoms with Gasteiger partial charge in [-0.3, -0.25) is 53.1 Å². The Hall–Kier alpha value is -11.5. The third kappa shape index (κ3) is 31.5. The van der Waals surface area contributed by atoms with Crippen molar-refractivity contribution >= 4 is 70.2 Å². The number of carbonyl (C=O) groups is 8. The van der Waals surface area contributed by atoms with Crippen molar-refractivity contribution in [2.75, 3.05) is 135 Å². The molecule has 696 valence electrons. The number of benzene rings is 6. The minimum Gasteiger partial charge on any atom is -0.489 e. The van der Waals surface area contributed by atoms with Crippen LogP contribution in [0.1, 0.15) is 175 Å². The Labute approximate surface area is 748 Å². The van der Waals surface area contributed by atoms with Gasteiger partial charge in [0.1, 0.15) is 83.7 Å². The number of primary amides is 2. The number of ether oxygens (including phenoxy) is 5. The first kappa shape index (κ1) is 105. The number of fused-ring (bicyclic) bond motifs is 5. The number of nitrogens with zero attached hydrogens (tertiary/aromatic N) is 5. The summed E-state index contributed by atoms with van der Waals surface area (Å²) in [5.74, 6) is 1.04. The zero-order valence-electron chi connectivity index (χ0n) is 73.7. The van der Waals surface area contributed by atoms with E-state index in [-0.39, 0.29) is 108 Å². The molecule has 0 radical (unpaired) electrons. The molecule has 5 aliphatic rings. The molecule has 0 fully saturated rings. The standard InChI is InChI=1S/C22H23FN2O3.C20H31FN3O3P.C18H23FN2O3.C17H22FNO4S.C16H20FN3O3.CH4/c1-2-16(13-23)15-28-19-8-9-20-17(12-19)10-11-25(22(20)27)14-21(26)24-18-6-4-3-5-7-18;1-4-16(14-21)15-27-18-7-8-19-17(13-18)9-10-24(20(19)25)11-12-28(26,22-5-2)23-6-3;1-4-12(10-19)11-24-14-5-6-15-13(9-14)7-8-21(16(15)22)18(2,3)17(20)23;1-3-13(11-18)12-23-15-4-5-16-14(10-15)6-7-19(17(16)20)8-9-24(2,21)22;17-8-11(9-18)10-23-13-1-2-14-12(7-13)3-5-20(16(14)22)6-4-15(19)21;/h3-9,12-13H,2,10-11,14-15H2,1H3,(H,24,26);7-8,13-14H,4-6,9-12,15H2,1-3H3,(H2,22,23,26);5-6,9-10H,4,7-8,11H2,1-3H3,(H2,20,23);4-5,10-11H,3,6-9,12H2,1-2H3;1-2,7-8H,3-6,9-10,18H2,(H2,19,21);1H4/b16-13-;16-14-;12-10-;13-11-;11-8-;. The molecule has 11 rings (SSSR count). The number of rotatable bonds is 38. The third-order valence-corrected chi connectivity index (χ3v) is 25.1. The number of nitrogens with two attached hydrogens (primary N) is 3. The van der Waals surface area contributed by atoms with Crippen molar-refractivity contribution in [2.45, 2.75) is 133 Å². The van der Waals surface area contributed by atoms with E-state index < -0.39 is 34.6 Å². The van der Waals surface area contributed by atoms with Gasteiger partial charge < -0.3 is 70.7 Å². The van der Waals surface area contributed by atoms with E-state index in [1.165, 1.54) is 4.90 Å². The molecule has 5 aliphatic heterocycles. The van der Waals surface area contributed by atoms with Gasteiger partial charge in [0.2, 0.25) is 25.2 Å². The van der Waals surface area contributed by atoms with Crippen molar-refractivity contribution in [3.05, 3.63) is 236 Å². The highest BCUT2D eigenvalue weighted by atomic mass is 32.2. The highest BCUT2D eigenvalue weighted by Gasteiger charge is 2.40. The fraction of sp³-hybridized carbons (Fsp3) is 0.426. The zero-order chi connectivity index (χ0) is 93.0. The van der Waals surface area contributed by atoms with Crippen LogP contribution in [0.2, 0.25) is 0 Å². The van der Waals surface area contributed by atoms with Crippen molar-refractivity contribution < 1.29 is 97.0 Å². The van der Waals surface area contributed by atoms with Gasteiger partial charge in [-0.15, -0.1) is 0 Å². The molecule has 0 saturated carbocycles. The third-order valence-electron chi connectivity index (χ3n) is 21.7. The van der Waals surface area contributed by atoms with Crippen LogP contribution in [0.3, 0.4) is 0 Å². The maximum atomic E-state index is 12.8. The monoisotopic (exact) mass is 1820 g/mol. The van der Waals surface area contributed by atoms with Gasteiger partial charge in [0, 0.05) is 117 Å². The lowest BCUT2D eigenvalue weighted by Crippen LogP contribution is -2.57. The molecule has 5 heterocycles. The number of hydrogen-bond donors (Lipinski definition) is 6. The minimum absolute atomic E-state index is 0. The van der Waals surface area contributed by atoms with E-state index in [2.05, 4.69) is 15.5 Å². The Morgan fingerprint density at radius 1 is 0.461 bits per heavy atom. The highest BCUT2D eigenvalue weighted by Crippen LogP contribution is 2.37. The summed E-state index contributed by atoms with van der Waals surface area (Å²) in [7, 11) is -5.78. The number of carbonyl (C=O) groups excluding carboxylic acids is 8. The quantitative estimate of drug-likeness (QED) is 0.0155. The lowest BCUT2D eigenvalue weighted by molar-refractivity contribution is -0.127. The van der Waals surface area contributed by atoms with Crippen LogP contribution in [0.4, 0.5) is 27.6 Å². The van der Waals surface area contributed by atoms with Crippen molar-refractivity contribution in [3.8, 4) is 28.7 Å². The second kappa shape index (κ2) is 52.1. The molecule has 8 amide bonds. The van der Waals surface area contributed by atoms with Crippen molar-refractivity contribution in [3.63, 3.8) is 0 Å². The van der Waals surface area contributed by atoms with Gasteiger partial charge in [0.05, 0.1) is 37.4 Å². The minimum atomic E-state index is -3.10. The fourth-order valence-electron chi connectivity index (χ4n) is 13.7. The number of anilines is 1. The summed E-state index contributed by atoms with van der Waals surface area (Å²) >= 11 is 0. The Morgan fingerprint density at radius 3 is 1.10 bits per heavy atom. The fourth-order valence-corrected chi connectivity index (χ4v) is 16.2. The Morgan fingerprint density at radius 2 is 0.781 bits per heavy atom. The van der Waals surface area contributed by atoms with Gasteiger partial charge in [-0.1, -0.05) is 67.2 Å². The SMILES string of the molecule is C.CC/C(=C/F)COc1ccc2c(c1)CCN(C(C)(C)C(N)=O)C2=O.CC/C(=C/F)COc1ccc2c(c1)CCN(CC(=O)Nc1ccccc1)C2=O.CC/C(=C/F)COc1ccc2c(c1)CCN(CCS(C)(=O)=O)C2=O.CCNP(=O)(CCN1CCc2cc(OC/C(=C\F)CC)ccc2C1=O)NCC.NC/C(=C/F)COc1ccc2c(c1)CCN(CCC(N)=O)C2=O. The van der Waals surface area contributed by atoms with Gasteiger partial charge in [0.15, 0.2) is 0 Å². The number of hydrogen-bond acceptors (Lipinski definition) is 17. The summed E-state index contributed by atoms with van der Waals surface area (Å²) in [6.07, 6.45) is 10.0. The second-order valence-corrected chi connectivity index (χ2v) is 35.8. The lowest BCUT2D eigenvalue weighted by atomic mass is 9.93. The average Bonchev–Trinajstić information content (AvgIpc) is 0.824. The molecular weight excluding hydrogens is 1700 g/mol. The first-order chi connectivity index (χ1) is 60.7. The molecule has 0 aliphatic carbocycles. The number of sulfone groups is 1. The van der Waals surface area contributed by atoms with Crippen LogP contribution in [0.25, 0.3) is 0 Å². The van der Waals surface area contributed by atoms with E-state index >= 15 is 0 Å². The summed E-state index contributed by atoms with van der Waals surface area (Å²) in [5.41, 5.74) is 25.6. The predicted octanol–water partition coefficient (Wildman–Crippen LogP) is 14.1. The molecule has 0 atom stereocenters. The maximum Gasteiger partial charge on any atom is 0.255 e. The van der Waals surface area contributed by atoms with Crippen molar-refractivity contribution in [2.24, 2.45) is 17.2 Å². The smallest absolute Gasteiger partial charge is 0.255 e. The topological polar surface area (TPSA) is 364 Å². The molecular formula is C94H123F5N11O16PS. The summed E-state index contributed by atoms with van der Waals surface area (Å²) in [6, 6.07) is 35.2. The average molecular weight is 1820 g/mol. The molecule has 0 aromatic heterocycles. The van der Waals surface area contributed by atoms with E-state index in [0.717, 1.165) is 34.1 Å². The van der Waals surface area contributed by atoms with E-state index in [9.17, 15) is 73.3 Å². The lowest BCUT2D eigenvalue weighted by Gasteiger charge is -2.39. The molecule has 0 bridgehead atoms. The first-order valence-electron chi connectivity index (χ1n) is 42.3. The largest absolute Gasteiger partial charge is 0.489 e. The molecule has 128 heavy (non-hydrogen) atoms. The molecule has 0 saturated heterocycles. The molecule has 0 spiro atoms. The van der Waals surface area contributed by atoms with Crippen LogP contribution in [-0.2, 0) is 60.9 Å². The first-order valence-corrected chi connectivity index (χ1v) is 46.3. The summed E-state index contributed by atoms with van der Waals surface area (Å²) in [4.78, 5) is 106. The summed E-state index contributed by atoms with van der Waals surface area (Å²) in [6.45, 7) is 20.2. The van der Waals surface area contributed by atoms with Gasteiger partial charge in [-0.05, 0) is 238 Å². The molecule has 6 aromatic rings. The van der Waals surface area contributed by atoms with Crippen LogP contribution in [0.5, 0.6) is 28.7 Å². The highest BCUT2D eigenvalue weighted by molar-refractivity contribution is 7.90. The van der Waals surface area contributed by atoms with E-state index in [0.29, 0.717) is 245 Å². The Balaban J connectivity index is 0.000000247. The molecule has 34 heteroatoms. The Kier molecular flexibility index (Phi) is 42.8. The molecule has 9 N–H and O–H groups in total.